The third-order valence-corrected chi connectivity index (χ3v) is 3.68. The molecule has 1 atom stereocenters. The molecule has 4 heteroatoms. The highest BCUT2D eigenvalue weighted by Gasteiger charge is 2.24. The van der Waals surface area contributed by atoms with Crippen LogP contribution in [0.5, 0.6) is 0 Å². The van der Waals surface area contributed by atoms with Gasteiger partial charge in [0.2, 0.25) is 0 Å². The SMILES string of the molecule is CC1CC(=O)CN(c2ccc(C#N)c3ncccc23)C1. The van der Waals surface area contributed by atoms with Crippen molar-refractivity contribution >= 4 is 22.4 Å². The molecule has 1 saturated heterocycles. The van der Waals surface area contributed by atoms with E-state index in [1.807, 2.05) is 18.2 Å². The molecule has 0 N–H and O–H groups in total. The third-order valence-electron chi connectivity index (χ3n) is 3.68. The van der Waals surface area contributed by atoms with Gasteiger partial charge in [0.1, 0.15) is 6.07 Å². The molecular formula is C16H15N3O. The topological polar surface area (TPSA) is 57.0 Å². The van der Waals surface area contributed by atoms with Crippen LogP contribution >= 0.6 is 0 Å². The van der Waals surface area contributed by atoms with Gasteiger partial charge < -0.3 is 4.90 Å². The van der Waals surface area contributed by atoms with Gasteiger partial charge >= 0.3 is 0 Å². The average molecular weight is 265 g/mol. The van der Waals surface area contributed by atoms with Crippen molar-refractivity contribution < 1.29 is 4.79 Å². The zero-order chi connectivity index (χ0) is 14.1. The van der Waals surface area contributed by atoms with E-state index in [1.165, 1.54) is 0 Å². The molecule has 0 radical (unpaired) electrons. The zero-order valence-electron chi connectivity index (χ0n) is 11.3. The molecule has 3 rings (SSSR count). The van der Waals surface area contributed by atoms with Gasteiger partial charge in [0, 0.05) is 30.2 Å². The van der Waals surface area contributed by atoms with Crippen LogP contribution < -0.4 is 4.90 Å². The summed E-state index contributed by atoms with van der Waals surface area (Å²) in [6.45, 7) is 3.40. The Morgan fingerprint density at radius 1 is 1.40 bits per heavy atom. The van der Waals surface area contributed by atoms with Crippen molar-refractivity contribution in [2.75, 3.05) is 18.0 Å². The standard InChI is InChI=1S/C16H15N3O/c1-11-7-13(20)10-19(9-11)15-5-4-12(8-17)16-14(15)3-2-6-18-16/h2-6,11H,7,9-10H2,1H3. The number of anilines is 1. The molecule has 0 aliphatic carbocycles. The van der Waals surface area contributed by atoms with Crippen molar-refractivity contribution in [3.05, 3.63) is 36.0 Å². The van der Waals surface area contributed by atoms with Gasteiger partial charge in [-0.2, -0.15) is 5.26 Å². The Morgan fingerprint density at radius 3 is 3.00 bits per heavy atom. The van der Waals surface area contributed by atoms with Gasteiger partial charge in [-0.05, 0) is 30.2 Å². The summed E-state index contributed by atoms with van der Waals surface area (Å²) >= 11 is 0. The molecular weight excluding hydrogens is 250 g/mol. The third kappa shape index (κ3) is 2.12. The predicted octanol–water partition coefficient (Wildman–Crippen LogP) is 2.52. The van der Waals surface area contributed by atoms with Crippen LogP contribution in [0.15, 0.2) is 30.5 Å². The number of nitrogens with zero attached hydrogens (tertiary/aromatic N) is 3. The molecule has 0 saturated carbocycles. The van der Waals surface area contributed by atoms with Gasteiger partial charge in [-0.3, -0.25) is 9.78 Å². The molecule has 1 aromatic heterocycles. The summed E-state index contributed by atoms with van der Waals surface area (Å²) in [6, 6.07) is 9.70. The van der Waals surface area contributed by atoms with Gasteiger partial charge in [0.25, 0.3) is 0 Å². The molecule has 1 fully saturated rings. The molecule has 4 nitrogen and oxygen atoms in total. The smallest absolute Gasteiger partial charge is 0.152 e. The van der Waals surface area contributed by atoms with E-state index >= 15 is 0 Å². The van der Waals surface area contributed by atoms with Crippen LogP contribution in [0, 0.1) is 17.2 Å². The molecule has 1 unspecified atom stereocenters. The summed E-state index contributed by atoms with van der Waals surface area (Å²) in [6.07, 6.45) is 2.35. The van der Waals surface area contributed by atoms with Crippen molar-refractivity contribution in [2.45, 2.75) is 13.3 Å². The summed E-state index contributed by atoms with van der Waals surface area (Å²) in [4.78, 5) is 18.2. The number of carbonyl (C=O) groups is 1. The molecule has 100 valence electrons. The minimum absolute atomic E-state index is 0.269. The Morgan fingerprint density at radius 2 is 2.25 bits per heavy atom. The molecule has 2 aromatic rings. The van der Waals surface area contributed by atoms with Gasteiger partial charge in [0.15, 0.2) is 5.78 Å². The zero-order valence-corrected chi connectivity index (χ0v) is 11.3. The number of nitriles is 1. The van der Waals surface area contributed by atoms with Gasteiger partial charge in [-0.1, -0.05) is 6.92 Å². The second kappa shape index (κ2) is 4.93. The lowest BCUT2D eigenvalue weighted by atomic mass is 9.97. The highest BCUT2D eigenvalue weighted by atomic mass is 16.1. The van der Waals surface area contributed by atoms with E-state index in [2.05, 4.69) is 22.9 Å². The molecule has 0 amide bonds. The number of benzene rings is 1. The van der Waals surface area contributed by atoms with Crippen LogP contribution in [0.1, 0.15) is 18.9 Å². The quantitative estimate of drug-likeness (QED) is 0.795. The summed E-state index contributed by atoms with van der Waals surface area (Å²) in [7, 11) is 0. The maximum atomic E-state index is 11.8. The van der Waals surface area contributed by atoms with Crippen LogP contribution in [0.2, 0.25) is 0 Å². The van der Waals surface area contributed by atoms with Crippen LogP contribution in [-0.4, -0.2) is 23.9 Å². The van der Waals surface area contributed by atoms with Gasteiger partial charge in [-0.25, -0.2) is 0 Å². The van der Waals surface area contributed by atoms with Crippen molar-refractivity contribution in [3.63, 3.8) is 0 Å². The highest BCUT2D eigenvalue weighted by molar-refractivity contribution is 5.97. The number of hydrogen-bond acceptors (Lipinski definition) is 4. The first kappa shape index (κ1) is 12.6. The molecule has 1 aliphatic rings. The first-order valence-electron chi connectivity index (χ1n) is 6.73. The summed E-state index contributed by atoms with van der Waals surface area (Å²) < 4.78 is 0. The maximum Gasteiger partial charge on any atom is 0.152 e. The van der Waals surface area contributed by atoms with Crippen LogP contribution in [-0.2, 0) is 4.79 Å². The van der Waals surface area contributed by atoms with E-state index in [4.69, 9.17) is 5.26 Å². The number of hydrogen-bond donors (Lipinski definition) is 0. The molecule has 2 heterocycles. The molecule has 20 heavy (non-hydrogen) atoms. The number of carbonyl (C=O) groups excluding carboxylic acids is 1. The number of ketones is 1. The Bertz CT molecular complexity index is 717. The monoisotopic (exact) mass is 265 g/mol. The number of pyridine rings is 1. The van der Waals surface area contributed by atoms with Crippen molar-refractivity contribution in [1.82, 2.24) is 4.98 Å². The Kier molecular flexibility index (Phi) is 3.11. The molecule has 1 aromatic carbocycles. The molecule has 0 spiro atoms. The van der Waals surface area contributed by atoms with Crippen LogP contribution in [0.4, 0.5) is 5.69 Å². The number of rotatable bonds is 1. The fourth-order valence-corrected chi connectivity index (χ4v) is 2.88. The fraction of sp³-hybridized carbons (Fsp3) is 0.312. The lowest BCUT2D eigenvalue weighted by Crippen LogP contribution is -2.40. The van der Waals surface area contributed by atoms with Crippen LogP contribution in [0.3, 0.4) is 0 Å². The van der Waals surface area contributed by atoms with Crippen molar-refractivity contribution in [2.24, 2.45) is 5.92 Å². The first-order valence-corrected chi connectivity index (χ1v) is 6.73. The summed E-state index contributed by atoms with van der Waals surface area (Å²) in [5, 5.41) is 10.1. The first-order chi connectivity index (χ1) is 9.69. The Hall–Kier alpha value is -2.41. The van der Waals surface area contributed by atoms with E-state index in [0.717, 1.165) is 17.6 Å². The average Bonchev–Trinajstić information content (AvgIpc) is 2.45. The number of Topliss-reactive ketones (excluding diaryl/α,β-unsaturated/α-hetero) is 1. The van der Waals surface area contributed by atoms with E-state index in [-0.39, 0.29) is 5.78 Å². The Labute approximate surface area is 117 Å². The van der Waals surface area contributed by atoms with Crippen molar-refractivity contribution in [1.29, 1.82) is 5.26 Å². The van der Waals surface area contributed by atoms with Crippen molar-refractivity contribution in [3.8, 4) is 6.07 Å². The molecule has 0 bridgehead atoms. The lowest BCUT2D eigenvalue weighted by Gasteiger charge is -2.32. The second-order valence-corrected chi connectivity index (χ2v) is 5.37. The minimum Gasteiger partial charge on any atom is -0.363 e. The highest BCUT2D eigenvalue weighted by Crippen LogP contribution is 2.30. The lowest BCUT2D eigenvalue weighted by molar-refractivity contribution is -0.119. The van der Waals surface area contributed by atoms with Crippen LogP contribution in [0.25, 0.3) is 10.9 Å². The maximum absolute atomic E-state index is 11.8. The van der Waals surface area contributed by atoms with E-state index in [1.54, 1.807) is 12.3 Å². The summed E-state index contributed by atoms with van der Waals surface area (Å²) in [5.41, 5.74) is 2.27. The number of aromatic nitrogens is 1. The minimum atomic E-state index is 0.269. The van der Waals surface area contributed by atoms with Gasteiger partial charge in [0.05, 0.1) is 17.6 Å². The number of piperidine rings is 1. The fourth-order valence-electron chi connectivity index (χ4n) is 2.88. The predicted molar refractivity (Wildman–Crippen MR) is 77.5 cm³/mol. The number of fused-ring (bicyclic) bond motifs is 1. The largest absolute Gasteiger partial charge is 0.363 e. The summed E-state index contributed by atoms with van der Waals surface area (Å²) in [5.74, 6) is 0.628. The molecule has 1 aliphatic heterocycles. The Balaban J connectivity index is 2.13. The van der Waals surface area contributed by atoms with E-state index < -0.39 is 0 Å². The normalized spacial score (nSPS) is 19.1. The van der Waals surface area contributed by atoms with E-state index in [0.29, 0.717) is 30.0 Å². The van der Waals surface area contributed by atoms with Gasteiger partial charge in [-0.15, -0.1) is 0 Å². The second-order valence-electron chi connectivity index (χ2n) is 5.37. The van der Waals surface area contributed by atoms with E-state index in [9.17, 15) is 4.79 Å².